The van der Waals surface area contributed by atoms with Crippen molar-refractivity contribution >= 4 is 21.9 Å². The molecule has 0 saturated carbocycles. The zero-order valence-corrected chi connectivity index (χ0v) is 9.54. The molecule has 0 spiro atoms. The molecule has 0 aliphatic rings. The van der Waals surface area contributed by atoms with Gasteiger partial charge in [0.15, 0.2) is 6.10 Å². The van der Waals surface area contributed by atoms with Crippen molar-refractivity contribution < 1.29 is 14.6 Å². The fourth-order valence-electron chi connectivity index (χ4n) is 1.03. The number of hydrogen-bond acceptors (Lipinski definition) is 3. The van der Waals surface area contributed by atoms with Crippen molar-refractivity contribution in [1.82, 2.24) is 0 Å². The molecule has 0 aromatic heterocycles. The van der Waals surface area contributed by atoms with Gasteiger partial charge in [-0.2, -0.15) is 0 Å². The zero-order valence-electron chi connectivity index (χ0n) is 7.95. The van der Waals surface area contributed by atoms with Crippen LogP contribution in [0, 0.1) is 6.92 Å². The second kappa shape index (κ2) is 4.57. The second-order valence-electron chi connectivity index (χ2n) is 2.93. The van der Waals surface area contributed by atoms with Crippen molar-refractivity contribution in [3.8, 4) is 0 Å². The lowest BCUT2D eigenvalue weighted by Crippen LogP contribution is -2.13. The molecular formula is C10H11BrO3. The lowest BCUT2D eigenvalue weighted by molar-refractivity contribution is -0.150. The van der Waals surface area contributed by atoms with E-state index in [1.165, 1.54) is 7.11 Å². The maximum absolute atomic E-state index is 11.0. The van der Waals surface area contributed by atoms with Crippen molar-refractivity contribution in [1.29, 1.82) is 0 Å². The molecule has 0 amide bonds. The van der Waals surface area contributed by atoms with Crippen LogP contribution in [0.15, 0.2) is 22.7 Å². The molecule has 0 saturated heterocycles. The van der Waals surface area contributed by atoms with E-state index >= 15 is 0 Å². The average molecular weight is 259 g/mol. The topological polar surface area (TPSA) is 46.5 Å². The lowest BCUT2D eigenvalue weighted by atomic mass is 10.1. The minimum absolute atomic E-state index is 0.523. The molecule has 1 rings (SSSR count). The number of ether oxygens (including phenoxy) is 1. The number of carbonyl (C=O) groups excluding carboxylic acids is 1. The first-order valence-electron chi connectivity index (χ1n) is 4.08. The van der Waals surface area contributed by atoms with E-state index in [9.17, 15) is 9.90 Å². The number of methoxy groups -OCH3 is 1. The van der Waals surface area contributed by atoms with E-state index in [1.54, 1.807) is 12.1 Å². The third-order valence-corrected chi connectivity index (χ3v) is 2.79. The summed E-state index contributed by atoms with van der Waals surface area (Å²) in [6.07, 6.45) is -1.21. The average Bonchev–Trinajstić information content (AvgIpc) is 2.20. The molecule has 4 heteroatoms. The van der Waals surface area contributed by atoms with Crippen molar-refractivity contribution in [3.63, 3.8) is 0 Å². The van der Waals surface area contributed by atoms with E-state index in [0.29, 0.717) is 5.56 Å². The normalized spacial score (nSPS) is 12.3. The smallest absolute Gasteiger partial charge is 0.339 e. The van der Waals surface area contributed by atoms with Gasteiger partial charge in [-0.25, -0.2) is 4.79 Å². The van der Waals surface area contributed by atoms with Crippen LogP contribution in [-0.4, -0.2) is 18.2 Å². The van der Waals surface area contributed by atoms with Crippen LogP contribution in [0.1, 0.15) is 17.2 Å². The van der Waals surface area contributed by atoms with Gasteiger partial charge in [-0.1, -0.05) is 28.1 Å². The van der Waals surface area contributed by atoms with Crippen LogP contribution in [0.25, 0.3) is 0 Å². The van der Waals surface area contributed by atoms with Crippen LogP contribution >= 0.6 is 15.9 Å². The highest BCUT2D eigenvalue weighted by atomic mass is 79.9. The summed E-state index contributed by atoms with van der Waals surface area (Å²) in [6, 6.07) is 5.23. The molecule has 0 aliphatic heterocycles. The highest BCUT2D eigenvalue weighted by Crippen LogP contribution is 2.22. The van der Waals surface area contributed by atoms with Gasteiger partial charge in [0.05, 0.1) is 7.11 Å². The Morgan fingerprint density at radius 2 is 2.21 bits per heavy atom. The summed E-state index contributed by atoms with van der Waals surface area (Å²) >= 11 is 3.32. The molecule has 0 radical (unpaired) electrons. The van der Waals surface area contributed by atoms with Crippen LogP contribution in [0.4, 0.5) is 0 Å². The number of aliphatic hydroxyl groups excluding tert-OH is 1. The summed E-state index contributed by atoms with van der Waals surface area (Å²) in [7, 11) is 1.24. The summed E-state index contributed by atoms with van der Waals surface area (Å²) in [5.74, 6) is -0.652. The Morgan fingerprint density at radius 3 is 2.71 bits per heavy atom. The minimum Gasteiger partial charge on any atom is -0.467 e. The Kier molecular flexibility index (Phi) is 3.66. The van der Waals surface area contributed by atoms with Crippen LogP contribution in [-0.2, 0) is 9.53 Å². The fraction of sp³-hybridized carbons (Fsp3) is 0.300. The zero-order chi connectivity index (χ0) is 10.7. The Balaban J connectivity index is 2.96. The third-order valence-electron chi connectivity index (χ3n) is 1.94. The first-order valence-corrected chi connectivity index (χ1v) is 4.87. The summed E-state index contributed by atoms with van der Waals surface area (Å²) in [5, 5.41) is 9.51. The van der Waals surface area contributed by atoms with Crippen LogP contribution < -0.4 is 0 Å². The molecule has 1 aromatic rings. The van der Waals surface area contributed by atoms with E-state index in [0.717, 1.165) is 10.0 Å². The molecule has 0 heterocycles. The number of carbonyl (C=O) groups is 1. The SMILES string of the molecule is COC(=O)C(O)c1ccc(C)c(Br)c1. The fourth-order valence-corrected chi connectivity index (χ4v) is 1.42. The molecular weight excluding hydrogens is 248 g/mol. The number of aryl methyl sites for hydroxylation is 1. The largest absolute Gasteiger partial charge is 0.467 e. The molecule has 0 aliphatic carbocycles. The number of aliphatic hydroxyl groups is 1. The molecule has 1 unspecified atom stereocenters. The van der Waals surface area contributed by atoms with E-state index in [1.807, 2.05) is 13.0 Å². The van der Waals surface area contributed by atoms with Gasteiger partial charge in [-0.3, -0.25) is 0 Å². The molecule has 0 bridgehead atoms. The van der Waals surface area contributed by atoms with Gasteiger partial charge in [0.2, 0.25) is 0 Å². The van der Waals surface area contributed by atoms with E-state index < -0.39 is 12.1 Å². The van der Waals surface area contributed by atoms with E-state index in [4.69, 9.17) is 0 Å². The quantitative estimate of drug-likeness (QED) is 0.826. The molecule has 76 valence electrons. The monoisotopic (exact) mass is 258 g/mol. The predicted octanol–water partition coefficient (Wildman–Crippen LogP) is 1.96. The van der Waals surface area contributed by atoms with Crippen LogP contribution in [0.3, 0.4) is 0 Å². The number of esters is 1. The van der Waals surface area contributed by atoms with Crippen molar-refractivity contribution in [3.05, 3.63) is 33.8 Å². The Bertz CT molecular complexity index is 349. The van der Waals surface area contributed by atoms with E-state index in [2.05, 4.69) is 20.7 Å². The van der Waals surface area contributed by atoms with Gasteiger partial charge >= 0.3 is 5.97 Å². The van der Waals surface area contributed by atoms with Crippen molar-refractivity contribution in [2.75, 3.05) is 7.11 Å². The summed E-state index contributed by atoms with van der Waals surface area (Å²) in [5.41, 5.74) is 1.57. The van der Waals surface area contributed by atoms with Gasteiger partial charge in [-0.05, 0) is 24.1 Å². The van der Waals surface area contributed by atoms with Crippen molar-refractivity contribution in [2.45, 2.75) is 13.0 Å². The maximum atomic E-state index is 11.0. The Hall–Kier alpha value is -0.870. The number of rotatable bonds is 2. The highest BCUT2D eigenvalue weighted by molar-refractivity contribution is 9.10. The van der Waals surface area contributed by atoms with E-state index in [-0.39, 0.29) is 0 Å². The predicted molar refractivity (Wildman–Crippen MR) is 55.9 cm³/mol. The molecule has 1 atom stereocenters. The molecule has 0 fully saturated rings. The summed E-state index contributed by atoms with van der Waals surface area (Å²) < 4.78 is 5.29. The third kappa shape index (κ3) is 2.33. The van der Waals surface area contributed by atoms with Gasteiger partial charge in [0.1, 0.15) is 0 Å². The van der Waals surface area contributed by atoms with Crippen LogP contribution in [0.5, 0.6) is 0 Å². The molecule has 1 N–H and O–H groups in total. The first kappa shape index (κ1) is 11.2. The number of benzene rings is 1. The van der Waals surface area contributed by atoms with Crippen molar-refractivity contribution in [2.24, 2.45) is 0 Å². The number of hydrogen-bond donors (Lipinski definition) is 1. The lowest BCUT2D eigenvalue weighted by Gasteiger charge is -2.09. The van der Waals surface area contributed by atoms with Gasteiger partial charge in [0, 0.05) is 4.47 Å². The Labute approximate surface area is 90.8 Å². The van der Waals surface area contributed by atoms with Gasteiger partial charge < -0.3 is 9.84 Å². The standard InChI is InChI=1S/C10H11BrO3/c1-6-3-4-7(5-8(6)11)9(12)10(13)14-2/h3-5,9,12H,1-2H3. The molecule has 1 aromatic carbocycles. The van der Waals surface area contributed by atoms with Gasteiger partial charge in [0.25, 0.3) is 0 Å². The minimum atomic E-state index is -1.21. The molecule has 3 nitrogen and oxygen atoms in total. The Morgan fingerprint density at radius 1 is 1.57 bits per heavy atom. The van der Waals surface area contributed by atoms with Gasteiger partial charge in [-0.15, -0.1) is 0 Å². The maximum Gasteiger partial charge on any atom is 0.339 e. The molecule has 14 heavy (non-hydrogen) atoms. The first-order chi connectivity index (χ1) is 6.56. The summed E-state index contributed by atoms with van der Waals surface area (Å²) in [4.78, 5) is 11.0. The number of halogens is 1. The highest BCUT2D eigenvalue weighted by Gasteiger charge is 2.17. The summed E-state index contributed by atoms with van der Waals surface area (Å²) in [6.45, 7) is 1.93. The second-order valence-corrected chi connectivity index (χ2v) is 3.79. The van der Waals surface area contributed by atoms with Crippen LogP contribution in [0.2, 0.25) is 0 Å².